The highest BCUT2D eigenvalue weighted by atomic mass is 31.2. The normalized spacial score (nSPS) is 14.3. The number of quaternary nitrogens is 1. The van der Waals surface area contributed by atoms with Crippen LogP contribution in [0.5, 0.6) is 0 Å². The molecular weight excluding hydrogens is 1040 g/mol. The minimum atomic E-state index is -4.65. The van der Waals surface area contributed by atoms with Gasteiger partial charge in [-0.2, -0.15) is 0 Å². The van der Waals surface area contributed by atoms with Gasteiger partial charge in [0.1, 0.15) is 19.8 Å². The molecule has 0 rings (SSSR count). The molecule has 464 valence electrons. The minimum absolute atomic E-state index is 0.0424. The van der Waals surface area contributed by atoms with Crippen molar-refractivity contribution in [3.05, 3.63) is 158 Å². The molecule has 0 radical (unpaired) electrons. The summed E-state index contributed by atoms with van der Waals surface area (Å²) in [5.41, 5.74) is 0. The van der Waals surface area contributed by atoms with Crippen LogP contribution in [0.3, 0.4) is 0 Å². The third-order valence-corrected chi connectivity index (χ3v) is 14.0. The lowest BCUT2D eigenvalue weighted by Crippen LogP contribution is -2.37. The molecule has 0 saturated carbocycles. The van der Waals surface area contributed by atoms with E-state index in [4.69, 9.17) is 18.5 Å². The molecular formula is C72H118NO8P. The van der Waals surface area contributed by atoms with Crippen LogP contribution in [0.25, 0.3) is 0 Å². The number of allylic oxidation sites excluding steroid dienone is 26. The SMILES string of the molecule is CC/C=C\C/C=C\C/C=C\C/C=C\C/C=C\C/C=C\C/C=C\C/C=C\C/C=C\C/C=C\C/C=C\CCCCCCCCCC(=O)OC(COC(=O)CCCCCCCCC/C=C\C/C=C\CCCCC)COP(=O)([O-])OCC[N+](C)(C)C. The average Bonchev–Trinajstić information content (AvgIpc) is 3.45. The van der Waals surface area contributed by atoms with E-state index in [0.29, 0.717) is 23.9 Å². The summed E-state index contributed by atoms with van der Waals surface area (Å²) >= 11 is 0. The number of carbonyl (C=O) groups excluding carboxylic acids is 2. The Kier molecular flexibility index (Phi) is 57.9. The van der Waals surface area contributed by atoms with Gasteiger partial charge in [-0.1, -0.05) is 249 Å². The standard InChI is InChI=1S/C72H118NO8P/c1-6-8-10-12-14-16-18-20-22-24-25-26-27-28-29-30-31-32-33-34-35-36-37-38-39-40-41-42-43-44-45-46-47-49-51-53-55-57-59-61-63-65-72(75)81-70(69-80-82(76,77)79-67-66-73(3,4)5)68-78-71(74)64-62-60-58-56-54-52-50-48-23-21-19-17-15-13-11-9-7-2/h8,10,14-17,20-23,25-26,28-29,31-32,34-35,37-38,40-41,43-44,46-47,70H,6-7,9,11-13,18-19,24,27,30,33,36,39,42,45,48-69H2,1-5H3/b10-8-,16-14-,17-15-,22-20-,23-21-,26-25-,29-28-,32-31-,35-34-,38-37-,41-40-,44-43-,47-46-. The number of unbranched alkanes of at least 4 members (excludes halogenated alkanes) is 17. The van der Waals surface area contributed by atoms with Crippen molar-refractivity contribution < 1.29 is 42.1 Å². The molecule has 0 aliphatic rings. The number of ether oxygens (including phenoxy) is 2. The Balaban J connectivity index is 4.15. The van der Waals surface area contributed by atoms with Crippen LogP contribution < -0.4 is 4.89 Å². The molecule has 0 aliphatic heterocycles. The Morgan fingerprint density at radius 2 is 0.695 bits per heavy atom. The second-order valence-electron chi connectivity index (χ2n) is 22.0. The van der Waals surface area contributed by atoms with Crippen molar-refractivity contribution in [2.75, 3.05) is 47.5 Å². The Labute approximate surface area is 503 Å². The maximum absolute atomic E-state index is 12.8. The van der Waals surface area contributed by atoms with Gasteiger partial charge in [0.05, 0.1) is 27.7 Å². The second-order valence-corrected chi connectivity index (χ2v) is 23.4. The molecule has 0 amide bonds. The molecule has 0 heterocycles. The number of nitrogens with zero attached hydrogens (tertiary/aromatic N) is 1. The van der Waals surface area contributed by atoms with Gasteiger partial charge >= 0.3 is 11.9 Å². The number of hydrogen-bond acceptors (Lipinski definition) is 8. The summed E-state index contributed by atoms with van der Waals surface area (Å²) in [6, 6.07) is 0. The van der Waals surface area contributed by atoms with E-state index < -0.39 is 32.5 Å². The molecule has 0 aromatic rings. The monoisotopic (exact) mass is 1160 g/mol. The highest BCUT2D eigenvalue weighted by Gasteiger charge is 2.22. The summed E-state index contributed by atoms with van der Waals surface area (Å²) in [6.07, 6.45) is 91.6. The molecule has 0 saturated heterocycles. The van der Waals surface area contributed by atoms with E-state index in [9.17, 15) is 19.0 Å². The predicted molar refractivity (Wildman–Crippen MR) is 350 cm³/mol. The maximum Gasteiger partial charge on any atom is 0.306 e. The molecule has 9 nitrogen and oxygen atoms in total. The highest BCUT2D eigenvalue weighted by molar-refractivity contribution is 7.45. The van der Waals surface area contributed by atoms with Gasteiger partial charge in [-0.15, -0.1) is 0 Å². The number of phosphoric acid groups is 1. The lowest BCUT2D eigenvalue weighted by atomic mass is 10.1. The lowest BCUT2D eigenvalue weighted by Gasteiger charge is -2.28. The molecule has 0 aromatic heterocycles. The van der Waals surface area contributed by atoms with E-state index in [1.165, 1.54) is 57.8 Å². The average molecular weight is 1160 g/mol. The van der Waals surface area contributed by atoms with Crippen LogP contribution in [0.2, 0.25) is 0 Å². The molecule has 2 unspecified atom stereocenters. The number of rotatable bonds is 57. The van der Waals surface area contributed by atoms with Crippen molar-refractivity contribution in [3.63, 3.8) is 0 Å². The molecule has 0 aliphatic carbocycles. The van der Waals surface area contributed by atoms with E-state index in [1.807, 2.05) is 21.1 Å². The van der Waals surface area contributed by atoms with Gasteiger partial charge in [0, 0.05) is 12.8 Å². The van der Waals surface area contributed by atoms with Gasteiger partial charge in [-0.05, 0) is 128 Å². The maximum atomic E-state index is 12.8. The fourth-order valence-corrected chi connectivity index (χ4v) is 8.83. The van der Waals surface area contributed by atoms with Crippen LogP contribution >= 0.6 is 7.82 Å². The molecule has 10 heteroatoms. The van der Waals surface area contributed by atoms with Crippen molar-refractivity contribution in [1.82, 2.24) is 0 Å². The first-order valence-corrected chi connectivity index (χ1v) is 33.7. The highest BCUT2D eigenvalue weighted by Crippen LogP contribution is 2.38. The Morgan fingerprint density at radius 3 is 1.04 bits per heavy atom. The van der Waals surface area contributed by atoms with Crippen LogP contribution in [0, 0.1) is 0 Å². The zero-order chi connectivity index (χ0) is 59.8. The number of likely N-dealkylation sites (N-methyl/N-ethyl adjacent to an activating group) is 1. The van der Waals surface area contributed by atoms with Crippen LogP contribution in [0.4, 0.5) is 0 Å². The first-order valence-electron chi connectivity index (χ1n) is 32.2. The summed E-state index contributed by atoms with van der Waals surface area (Å²) in [6.45, 7) is 4.06. The predicted octanol–water partition coefficient (Wildman–Crippen LogP) is 20.2. The van der Waals surface area contributed by atoms with Crippen LogP contribution in [0.15, 0.2) is 158 Å². The minimum Gasteiger partial charge on any atom is -0.756 e. The number of phosphoric ester groups is 1. The smallest absolute Gasteiger partial charge is 0.306 e. The second kappa shape index (κ2) is 61.2. The lowest BCUT2D eigenvalue weighted by molar-refractivity contribution is -0.870. The van der Waals surface area contributed by atoms with Crippen molar-refractivity contribution in [2.24, 2.45) is 0 Å². The fourth-order valence-electron chi connectivity index (χ4n) is 8.10. The largest absolute Gasteiger partial charge is 0.756 e. The van der Waals surface area contributed by atoms with Crippen LogP contribution in [-0.2, 0) is 32.7 Å². The first-order chi connectivity index (χ1) is 40.0. The topological polar surface area (TPSA) is 111 Å². The third kappa shape index (κ3) is 64.8. The summed E-state index contributed by atoms with van der Waals surface area (Å²) in [5, 5.41) is 0. The summed E-state index contributed by atoms with van der Waals surface area (Å²) in [5.74, 6) is -0.865. The van der Waals surface area contributed by atoms with Gasteiger partial charge in [0.25, 0.3) is 7.82 Å². The van der Waals surface area contributed by atoms with Crippen LogP contribution in [-0.4, -0.2) is 70.0 Å². The van der Waals surface area contributed by atoms with Gasteiger partial charge < -0.3 is 27.9 Å². The first kappa shape index (κ1) is 77.6. The zero-order valence-corrected chi connectivity index (χ0v) is 53.5. The molecule has 0 fully saturated rings. The number of esters is 2. The molecule has 2 atom stereocenters. The Hall–Kier alpha value is -4.37. The third-order valence-electron chi connectivity index (χ3n) is 13.0. The Morgan fingerprint density at radius 1 is 0.390 bits per heavy atom. The zero-order valence-electron chi connectivity index (χ0n) is 52.6. The number of hydrogen-bond donors (Lipinski definition) is 0. The van der Waals surface area contributed by atoms with Gasteiger partial charge in [-0.25, -0.2) is 0 Å². The molecule has 0 spiro atoms. The van der Waals surface area contributed by atoms with Gasteiger partial charge in [0.2, 0.25) is 0 Å². The van der Waals surface area contributed by atoms with E-state index in [2.05, 4.69) is 172 Å². The quantitative estimate of drug-likeness (QED) is 0.0195. The van der Waals surface area contributed by atoms with E-state index in [0.717, 1.165) is 135 Å². The van der Waals surface area contributed by atoms with Crippen molar-refractivity contribution in [2.45, 2.75) is 238 Å². The summed E-state index contributed by atoms with van der Waals surface area (Å²) < 4.78 is 34.2. The van der Waals surface area contributed by atoms with Gasteiger partial charge in [-0.3, -0.25) is 14.2 Å². The fraction of sp³-hybridized carbons (Fsp3) is 0.611. The number of carbonyl (C=O) groups is 2. The summed E-state index contributed by atoms with van der Waals surface area (Å²) in [4.78, 5) is 37.9. The van der Waals surface area contributed by atoms with E-state index >= 15 is 0 Å². The van der Waals surface area contributed by atoms with Crippen molar-refractivity contribution in [3.8, 4) is 0 Å². The van der Waals surface area contributed by atoms with Crippen LogP contribution in [0.1, 0.15) is 232 Å². The molecule has 0 N–H and O–H groups in total. The Bertz CT molecular complexity index is 1940. The summed E-state index contributed by atoms with van der Waals surface area (Å²) in [7, 11) is 1.13. The molecule has 0 bridgehead atoms. The molecule has 0 aromatic carbocycles. The molecule has 82 heavy (non-hydrogen) atoms. The van der Waals surface area contributed by atoms with Gasteiger partial charge in [0.15, 0.2) is 6.10 Å². The van der Waals surface area contributed by atoms with E-state index in [1.54, 1.807) is 0 Å². The van der Waals surface area contributed by atoms with Crippen molar-refractivity contribution >= 4 is 19.8 Å². The van der Waals surface area contributed by atoms with Crippen molar-refractivity contribution in [1.29, 1.82) is 0 Å². The van der Waals surface area contributed by atoms with E-state index in [-0.39, 0.29) is 26.1 Å².